The Kier molecular flexibility index (Phi) is 5.74. The van der Waals surface area contributed by atoms with E-state index in [0.717, 1.165) is 41.8 Å². The molecule has 1 aliphatic rings. The van der Waals surface area contributed by atoms with Crippen molar-refractivity contribution in [2.24, 2.45) is 0 Å². The van der Waals surface area contributed by atoms with Crippen LogP contribution < -0.4 is 9.47 Å². The summed E-state index contributed by atoms with van der Waals surface area (Å²) < 4.78 is 16.2. The van der Waals surface area contributed by atoms with Crippen LogP contribution in [-0.2, 0) is 11.2 Å². The Labute approximate surface area is 175 Å². The Morgan fingerprint density at radius 1 is 1.27 bits per heavy atom. The lowest BCUT2D eigenvalue weighted by Crippen LogP contribution is -2.39. The number of nitrogens with one attached hydrogen (secondary N) is 1. The van der Waals surface area contributed by atoms with Crippen molar-refractivity contribution in [3.05, 3.63) is 47.4 Å². The number of H-pyrrole nitrogens is 1. The summed E-state index contributed by atoms with van der Waals surface area (Å²) in [5.41, 5.74) is 3.34. The zero-order chi connectivity index (χ0) is 21.1. The molecule has 1 amide bonds. The maximum absolute atomic E-state index is 13.4. The second-order valence-electron chi connectivity index (χ2n) is 7.48. The molecule has 1 fully saturated rings. The van der Waals surface area contributed by atoms with E-state index in [0.29, 0.717) is 23.8 Å². The van der Waals surface area contributed by atoms with Crippen LogP contribution in [0.15, 0.2) is 35.0 Å². The third kappa shape index (κ3) is 3.90. The number of amides is 1. The summed E-state index contributed by atoms with van der Waals surface area (Å²) in [4.78, 5) is 15.3. The van der Waals surface area contributed by atoms with Gasteiger partial charge in [0, 0.05) is 18.2 Å². The number of aryl methyl sites for hydroxylation is 1. The van der Waals surface area contributed by atoms with E-state index in [1.165, 1.54) is 0 Å². The van der Waals surface area contributed by atoms with E-state index in [4.69, 9.17) is 14.0 Å². The first-order chi connectivity index (χ1) is 14.6. The molecule has 2 aromatic heterocycles. The van der Waals surface area contributed by atoms with Gasteiger partial charge in [-0.15, -0.1) is 0 Å². The third-order valence-electron chi connectivity index (χ3n) is 5.55. The van der Waals surface area contributed by atoms with Gasteiger partial charge in [0.1, 0.15) is 11.5 Å². The highest BCUT2D eigenvalue weighted by Gasteiger charge is 2.32. The lowest BCUT2D eigenvalue weighted by molar-refractivity contribution is -0.134. The van der Waals surface area contributed by atoms with E-state index in [1.54, 1.807) is 20.4 Å². The fraction of sp³-hybridized carbons (Fsp3) is 0.409. The summed E-state index contributed by atoms with van der Waals surface area (Å²) in [5, 5.41) is 11.3. The molecule has 0 spiro atoms. The van der Waals surface area contributed by atoms with Crippen molar-refractivity contribution >= 4 is 5.91 Å². The number of nitrogens with zero attached hydrogens (tertiary/aromatic N) is 3. The SMILES string of the molecule is COc1ccc(OC)c(CC(=O)N2CCCC[C@@H]2c2[nH]ncc2-c2cc(C)no2)c1. The summed E-state index contributed by atoms with van der Waals surface area (Å²) in [6.07, 6.45) is 4.86. The Balaban J connectivity index is 1.61. The van der Waals surface area contributed by atoms with Crippen molar-refractivity contribution in [2.75, 3.05) is 20.8 Å². The zero-order valence-electron chi connectivity index (χ0n) is 17.5. The molecule has 0 bridgehead atoms. The number of aromatic amines is 1. The molecule has 1 aromatic carbocycles. The molecule has 8 heteroatoms. The largest absolute Gasteiger partial charge is 0.497 e. The molecule has 3 heterocycles. The Bertz CT molecular complexity index is 1030. The number of ether oxygens (including phenoxy) is 2. The molecule has 0 aliphatic carbocycles. The minimum atomic E-state index is -0.0919. The molecule has 0 saturated carbocycles. The van der Waals surface area contributed by atoms with Crippen molar-refractivity contribution in [3.63, 3.8) is 0 Å². The van der Waals surface area contributed by atoms with Gasteiger partial charge in [-0.25, -0.2) is 0 Å². The van der Waals surface area contributed by atoms with Crippen molar-refractivity contribution in [1.82, 2.24) is 20.3 Å². The number of piperidine rings is 1. The summed E-state index contributed by atoms with van der Waals surface area (Å²) in [7, 11) is 3.22. The fourth-order valence-corrected chi connectivity index (χ4v) is 4.05. The van der Waals surface area contributed by atoms with Gasteiger partial charge in [-0.05, 0) is 44.4 Å². The van der Waals surface area contributed by atoms with Crippen molar-refractivity contribution in [2.45, 2.75) is 38.6 Å². The predicted octanol–water partition coefficient (Wildman–Crippen LogP) is 3.69. The molecular weight excluding hydrogens is 384 g/mol. The van der Waals surface area contributed by atoms with Gasteiger partial charge in [0.05, 0.1) is 49.8 Å². The highest BCUT2D eigenvalue weighted by Crippen LogP contribution is 2.36. The number of benzene rings is 1. The van der Waals surface area contributed by atoms with E-state index in [1.807, 2.05) is 36.1 Å². The van der Waals surface area contributed by atoms with Crippen molar-refractivity contribution < 1.29 is 18.8 Å². The summed E-state index contributed by atoms with van der Waals surface area (Å²) in [6, 6.07) is 7.30. The first-order valence-corrected chi connectivity index (χ1v) is 10.1. The molecule has 0 unspecified atom stereocenters. The van der Waals surface area contributed by atoms with Gasteiger partial charge in [-0.3, -0.25) is 9.89 Å². The fourth-order valence-electron chi connectivity index (χ4n) is 4.05. The van der Waals surface area contributed by atoms with Crippen LogP contribution in [0.1, 0.15) is 42.3 Å². The molecule has 1 aliphatic heterocycles. The Hall–Kier alpha value is -3.29. The first kappa shape index (κ1) is 20.0. The van der Waals surface area contributed by atoms with Gasteiger partial charge in [0.2, 0.25) is 5.91 Å². The van der Waals surface area contributed by atoms with Gasteiger partial charge in [0.25, 0.3) is 0 Å². The van der Waals surface area contributed by atoms with Gasteiger partial charge in [0.15, 0.2) is 5.76 Å². The highest BCUT2D eigenvalue weighted by molar-refractivity contribution is 5.80. The van der Waals surface area contributed by atoms with Gasteiger partial charge in [-0.2, -0.15) is 5.10 Å². The highest BCUT2D eigenvalue weighted by atomic mass is 16.5. The van der Waals surface area contributed by atoms with Crippen LogP contribution in [0.4, 0.5) is 0 Å². The number of aromatic nitrogens is 3. The van der Waals surface area contributed by atoms with Gasteiger partial charge < -0.3 is 18.9 Å². The van der Waals surface area contributed by atoms with Crippen LogP contribution >= 0.6 is 0 Å². The lowest BCUT2D eigenvalue weighted by Gasteiger charge is -2.35. The van der Waals surface area contributed by atoms with Crippen LogP contribution in [0.25, 0.3) is 11.3 Å². The van der Waals surface area contributed by atoms with E-state index in [2.05, 4.69) is 15.4 Å². The zero-order valence-corrected chi connectivity index (χ0v) is 17.5. The third-order valence-corrected chi connectivity index (χ3v) is 5.55. The normalized spacial score (nSPS) is 16.5. The molecule has 0 radical (unpaired) electrons. The minimum absolute atomic E-state index is 0.0422. The molecule has 158 valence electrons. The predicted molar refractivity (Wildman–Crippen MR) is 110 cm³/mol. The van der Waals surface area contributed by atoms with Crippen molar-refractivity contribution in [1.29, 1.82) is 0 Å². The number of methoxy groups -OCH3 is 2. The number of hydrogen-bond acceptors (Lipinski definition) is 6. The molecular formula is C22H26N4O4. The number of likely N-dealkylation sites (tertiary alicyclic amines) is 1. The Morgan fingerprint density at radius 2 is 2.13 bits per heavy atom. The van der Waals surface area contributed by atoms with Crippen LogP contribution in [0.5, 0.6) is 11.5 Å². The molecule has 4 rings (SSSR count). The molecule has 8 nitrogen and oxygen atoms in total. The molecule has 3 aromatic rings. The molecule has 1 N–H and O–H groups in total. The Morgan fingerprint density at radius 3 is 2.87 bits per heavy atom. The van der Waals surface area contributed by atoms with Crippen molar-refractivity contribution in [3.8, 4) is 22.8 Å². The monoisotopic (exact) mass is 410 g/mol. The maximum atomic E-state index is 13.4. The van der Waals surface area contributed by atoms with Gasteiger partial charge in [-0.1, -0.05) is 5.16 Å². The van der Waals surface area contributed by atoms with E-state index in [9.17, 15) is 4.79 Å². The van der Waals surface area contributed by atoms with Crippen LogP contribution in [0, 0.1) is 6.92 Å². The number of carbonyl (C=O) groups excluding carboxylic acids is 1. The molecule has 30 heavy (non-hydrogen) atoms. The minimum Gasteiger partial charge on any atom is -0.497 e. The van der Waals surface area contributed by atoms with E-state index >= 15 is 0 Å². The maximum Gasteiger partial charge on any atom is 0.227 e. The average Bonchev–Trinajstić information content (AvgIpc) is 3.42. The number of hydrogen-bond donors (Lipinski definition) is 1. The summed E-state index contributed by atoms with van der Waals surface area (Å²) in [6.45, 7) is 2.58. The number of carbonyl (C=O) groups is 1. The average molecular weight is 410 g/mol. The standard InChI is InChI=1S/C22H26N4O4/c1-14-10-20(30-25-14)17-13-23-24-22(17)18-6-4-5-9-26(18)21(27)12-15-11-16(28-2)7-8-19(15)29-3/h7-8,10-11,13,18H,4-6,9,12H2,1-3H3,(H,23,24)/t18-/m1/s1. The van der Waals surface area contributed by atoms with E-state index in [-0.39, 0.29) is 18.4 Å². The lowest BCUT2D eigenvalue weighted by atomic mass is 9.95. The van der Waals surface area contributed by atoms with Crippen LogP contribution in [0.2, 0.25) is 0 Å². The molecule has 1 saturated heterocycles. The summed E-state index contributed by atoms with van der Waals surface area (Å²) >= 11 is 0. The quantitative estimate of drug-likeness (QED) is 0.666. The number of rotatable bonds is 6. The van der Waals surface area contributed by atoms with Crippen LogP contribution in [-0.4, -0.2) is 46.9 Å². The van der Waals surface area contributed by atoms with Crippen LogP contribution in [0.3, 0.4) is 0 Å². The summed E-state index contributed by atoms with van der Waals surface area (Å²) in [5.74, 6) is 2.08. The first-order valence-electron chi connectivity index (χ1n) is 10.1. The second-order valence-corrected chi connectivity index (χ2v) is 7.48. The van der Waals surface area contributed by atoms with E-state index < -0.39 is 0 Å². The van der Waals surface area contributed by atoms with Gasteiger partial charge >= 0.3 is 0 Å². The molecule has 1 atom stereocenters. The topological polar surface area (TPSA) is 93.5 Å². The smallest absolute Gasteiger partial charge is 0.227 e. The second kappa shape index (κ2) is 8.61.